The molecule has 0 aliphatic heterocycles. The zero-order chi connectivity index (χ0) is 19.6. The molecule has 0 bridgehead atoms. The van der Waals surface area contributed by atoms with Crippen molar-refractivity contribution in [3.63, 3.8) is 0 Å². The summed E-state index contributed by atoms with van der Waals surface area (Å²) in [5.41, 5.74) is 7.97. The number of nitrogens with zero attached hydrogens (tertiary/aromatic N) is 1. The van der Waals surface area contributed by atoms with Crippen LogP contribution in [0.3, 0.4) is 0 Å². The first-order valence-electron chi connectivity index (χ1n) is 8.51. The van der Waals surface area contributed by atoms with Gasteiger partial charge in [0.2, 0.25) is 9.84 Å². The van der Waals surface area contributed by atoms with Gasteiger partial charge in [-0.3, -0.25) is 0 Å². The molecule has 140 valence electrons. The Bertz CT molecular complexity index is 1180. The Morgan fingerprint density at radius 3 is 2.11 bits per heavy atom. The van der Waals surface area contributed by atoms with Crippen LogP contribution < -0.4 is 10.5 Å². The van der Waals surface area contributed by atoms with Crippen LogP contribution >= 0.6 is 0 Å². The molecule has 0 aliphatic carbocycles. The summed E-state index contributed by atoms with van der Waals surface area (Å²) in [5, 5.41) is 0. The van der Waals surface area contributed by atoms with Gasteiger partial charge in [0.15, 0.2) is 0 Å². The third-order valence-electron chi connectivity index (χ3n) is 4.24. The molecule has 0 fully saturated rings. The monoisotopic (exact) mass is 391 g/mol. The minimum absolute atomic E-state index is 0.188. The number of hydrogen-bond donors (Lipinski definition) is 2. The van der Waals surface area contributed by atoms with Crippen LogP contribution in [-0.2, 0) is 9.84 Å². The van der Waals surface area contributed by atoms with Crippen molar-refractivity contribution in [2.75, 3.05) is 5.73 Å². The third-order valence-corrected chi connectivity index (χ3v) is 6.02. The van der Waals surface area contributed by atoms with Gasteiger partial charge in [0.1, 0.15) is 11.5 Å². The fourth-order valence-corrected chi connectivity index (χ4v) is 4.01. The maximum atomic E-state index is 12.9. The normalized spacial score (nSPS) is 11.3. The molecule has 0 spiro atoms. The predicted octanol–water partition coefficient (Wildman–Crippen LogP) is 4.28. The maximum absolute atomic E-state index is 12.9. The highest BCUT2D eigenvalue weighted by Crippen LogP contribution is 2.29. The van der Waals surface area contributed by atoms with E-state index in [4.69, 9.17) is 10.5 Å². The lowest BCUT2D eigenvalue weighted by molar-refractivity contribution is 0.484. The fourth-order valence-electron chi connectivity index (χ4n) is 2.75. The third kappa shape index (κ3) is 3.47. The highest BCUT2D eigenvalue weighted by Gasteiger charge is 2.18. The van der Waals surface area contributed by atoms with E-state index in [2.05, 4.69) is 9.97 Å². The van der Waals surface area contributed by atoms with Crippen molar-refractivity contribution in [2.45, 2.75) is 9.79 Å². The second-order valence-corrected chi connectivity index (χ2v) is 8.04. The van der Waals surface area contributed by atoms with Crippen molar-refractivity contribution in [3.8, 4) is 22.8 Å². The Morgan fingerprint density at radius 2 is 1.50 bits per heavy atom. The number of ether oxygens (including phenoxy) is 1. The largest absolute Gasteiger partial charge is 0.455 e. The average molecular weight is 391 g/mol. The number of H-pyrrole nitrogens is 1. The molecule has 7 heteroatoms. The summed E-state index contributed by atoms with van der Waals surface area (Å²) < 4.78 is 31.5. The maximum Gasteiger partial charge on any atom is 0.206 e. The highest BCUT2D eigenvalue weighted by atomic mass is 32.2. The summed E-state index contributed by atoms with van der Waals surface area (Å²) in [7, 11) is -3.63. The number of para-hydroxylation sites is 2. The van der Waals surface area contributed by atoms with Gasteiger partial charge in [-0.25, -0.2) is 13.4 Å². The van der Waals surface area contributed by atoms with Gasteiger partial charge in [0.05, 0.1) is 27.5 Å². The van der Waals surface area contributed by atoms with Gasteiger partial charge in [-0.2, -0.15) is 0 Å². The van der Waals surface area contributed by atoms with E-state index in [9.17, 15) is 8.42 Å². The summed E-state index contributed by atoms with van der Waals surface area (Å²) >= 11 is 0. The smallest absolute Gasteiger partial charge is 0.206 e. The number of aromatic nitrogens is 2. The number of nitrogen functional groups attached to an aromatic ring is 1. The molecule has 1 heterocycles. The van der Waals surface area contributed by atoms with Gasteiger partial charge in [-0.1, -0.05) is 24.3 Å². The van der Waals surface area contributed by atoms with Gasteiger partial charge in [0.25, 0.3) is 0 Å². The second-order valence-electron chi connectivity index (χ2n) is 6.09. The van der Waals surface area contributed by atoms with Crippen LogP contribution in [0.25, 0.3) is 11.3 Å². The Labute approximate surface area is 162 Å². The average Bonchev–Trinajstić information content (AvgIpc) is 3.25. The Hall–Kier alpha value is -3.58. The van der Waals surface area contributed by atoms with Gasteiger partial charge >= 0.3 is 0 Å². The van der Waals surface area contributed by atoms with E-state index >= 15 is 0 Å². The van der Waals surface area contributed by atoms with Crippen LogP contribution in [0, 0.1) is 0 Å². The number of hydrogen-bond acceptors (Lipinski definition) is 5. The van der Waals surface area contributed by atoms with Crippen LogP contribution in [0.2, 0.25) is 0 Å². The quantitative estimate of drug-likeness (QED) is 0.495. The molecule has 0 radical (unpaired) electrons. The van der Waals surface area contributed by atoms with Crippen LogP contribution in [0.5, 0.6) is 11.5 Å². The second kappa shape index (κ2) is 7.21. The molecular formula is C21H17N3O3S. The van der Waals surface area contributed by atoms with Crippen molar-refractivity contribution in [1.82, 2.24) is 9.97 Å². The van der Waals surface area contributed by atoms with E-state index in [-0.39, 0.29) is 9.79 Å². The minimum atomic E-state index is -3.63. The molecule has 0 atom stereocenters. The van der Waals surface area contributed by atoms with Crippen molar-refractivity contribution >= 4 is 15.5 Å². The molecule has 28 heavy (non-hydrogen) atoms. The summed E-state index contributed by atoms with van der Waals surface area (Å²) in [6.07, 6.45) is 3.33. The topological polar surface area (TPSA) is 98.1 Å². The van der Waals surface area contributed by atoms with E-state index in [1.165, 1.54) is 12.1 Å². The molecule has 0 aliphatic rings. The van der Waals surface area contributed by atoms with Crippen molar-refractivity contribution in [1.29, 1.82) is 0 Å². The van der Waals surface area contributed by atoms with Crippen molar-refractivity contribution in [3.05, 3.63) is 85.3 Å². The number of nitrogens with two attached hydrogens (primary N) is 1. The van der Waals surface area contributed by atoms with E-state index < -0.39 is 9.84 Å². The summed E-state index contributed by atoms with van der Waals surface area (Å²) in [6, 6.07) is 20.0. The van der Waals surface area contributed by atoms with Crippen molar-refractivity contribution < 1.29 is 13.2 Å². The van der Waals surface area contributed by atoms with Gasteiger partial charge < -0.3 is 15.5 Å². The molecule has 3 N–H and O–H groups in total. The standard InChI is InChI=1S/C21H17N3O3S/c22-19-3-1-2-4-21(19)27-16-7-11-18(12-8-16)28(25,26)17-9-5-15(6-10-17)20-13-23-14-24-20/h1-14H,22H2,(H,23,24). The molecular weight excluding hydrogens is 374 g/mol. The Balaban J connectivity index is 1.57. The van der Waals surface area contributed by atoms with Gasteiger partial charge in [-0.05, 0) is 48.5 Å². The first kappa shape index (κ1) is 17.8. The van der Waals surface area contributed by atoms with Crippen LogP contribution in [0.15, 0.2) is 95.1 Å². The summed E-state index contributed by atoms with van der Waals surface area (Å²) in [5.74, 6) is 1.03. The first-order chi connectivity index (χ1) is 13.5. The molecule has 0 saturated carbocycles. The molecule has 4 rings (SSSR count). The first-order valence-corrected chi connectivity index (χ1v) is 9.99. The number of anilines is 1. The molecule has 0 amide bonds. The van der Waals surface area contributed by atoms with E-state index in [0.717, 1.165) is 11.3 Å². The minimum Gasteiger partial charge on any atom is -0.455 e. The molecule has 6 nitrogen and oxygen atoms in total. The molecule has 0 saturated heterocycles. The van der Waals surface area contributed by atoms with E-state index in [1.807, 2.05) is 12.1 Å². The highest BCUT2D eigenvalue weighted by molar-refractivity contribution is 7.91. The number of imidazole rings is 1. The summed E-state index contributed by atoms with van der Waals surface area (Å²) in [6.45, 7) is 0. The molecule has 0 unspecified atom stereocenters. The van der Waals surface area contributed by atoms with Crippen molar-refractivity contribution in [2.24, 2.45) is 0 Å². The number of sulfone groups is 1. The fraction of sp³-hybridized carbons (Fsp3) is 0. The van der Waals surface area contributed by atoms with E-state index in [0.29, 0.717) is 17.2 Å². The SMILES string of the molecule is Nc1ccccc1Oc1ccc(S(=O)(=O)c2ccc(-c3c[nH]cn3)cc2)cc1. The summed E-state index contributed by atoms with van der Waals surface area (Å²) in [4.78, 5) is 7.44. The molecule has 1 aromatic heterocycles. The van der Waals surface area contributed by atoms with Crippen LogP contribution in [-0.4, -0.2) is 18.4 Å². The molecule has 3 aromatic carbocycles. The Morgan fingerprint density at radius 1 is 0.857 bits per heavy atom. The molecule has 4 aromatic rings. The number of nitrogens with one attached hydrogen (secondary N) is 1. The zero-order valence-corrected chi connectivity index (χ0v) is 15.6. The lowest BCUT2D eigenvalue weighted by Gasteiger charge is -2.09. The number of benzene rings is 3. The van der Waals surface area contributed by atoms with Crippen LogP contribution in [0.1, 0.15) is 0 Å². The van der Waals surface area contributed by atoms with Gasteiger partial charge in [-0.15, -0.1) is 0 Å². The lowest BCUT2D eigenvalue weighted by Crippen LogP contribution is -2.02. The van der Waals surface area contributed by atoms with E-state index in [1.54, 1.807) is 61.1 Å². The number of aromatic amines is 1. The predicted molar refractivity (Wildman–Crippen MR) is 107 cm³/mol. The zero-order valence-electron chi connectivity index (χ0n) is 14.7. The van der Waals surface area contributed by atoms with Crippen LogP contribution in [0.4, 0.5) is 5.69 Å². The van der Waals surface area contributed by atoms with Gasteiger partial charge in [0, 0.05) is 11.8 Å². The Kier molecular flexibility index (Phi) is 4.58. The lowest BCUT2D eigenvalue weighted by atomic mass is 10.2. The number of rotatable bonds is 5.